The summed E-state index contributed by atoms with van der Waals surface area (Å²) in [5, 5.41) is 13.1. The highest BCUT2D eigenvalue weighted by atomic mass is 16.3. The molecule has 21 heavy (non-hydrogen) atoms. The Labute approximate surface area is 125 Å². The third-order valence-corrected chi connectivity index (χ3v) is 3.90. The van der Waals surface area contributed by atoms with Crippen molar-refractivity contribution in [2.75, 3.05) is 6.61 Å². The van der Waals surface area contributed by atoms with Crippen molar-refractivity contribution < 1.29 is 9.90 Å². The number of nitrogens with zero attached hydrogens (tertiary/aromatic N) is 1. The minimum Gasteiger partial charge on any atom is -0.396 e. The Hall–Kier alpha value is -1.81. The molecule has 0 spiro atoms. The molecule has 0 saturated carbocycles. The van der Waals surface area contributed by atoms with Gasteiger partial charge < -0.3 is 15.0 Å². The van der Waals surface area contributed by atoms with E-state index in [1.54, 1.807) is 0 Å². The zero-order valence-corrected chi connectivity index (χ0v) is 12.8. The van der Waals surface area contributed by atoms with E-state index in [-0.39, 0.29) is 18.6 Å². The van der Waals surface area contributed by atoms with Gasteiger partial charge in [-0.25, -0.2) is 0 Å². The zero-order chi connectivity index (χ0) is 15.2. The third kappa shape index (κ3) is 3.64. The molecular formula is C17H24N2O2. The number of benzene rings is 1. The molecule has 0 bridgehead atoms. The Kier molecular flexibility index (Phi) is 5.39. The maximum Gasteiger partial charge on any atom is 0.224 e. The second kappa shape index (κ2) is 7.27. The van der Waals surface area contributed by atoms with E-state index in [1.807, 2.05) is 19.1 Å². The normalized spacial score (nSPS) is 12.5. The number of nitrogens with one attached hydrogen (secondary N) is 1. The average molecular weight is 288 g/mol. The lowest BCUT2D eigenvalue weighted by Gasteiger charge is -2.15. The van der Waals surface area contributed by atoms with Crippen LogP contribution in [0.4, 0.5) is 0 Å². The SMILES string of the molecule is CCC(CCO)NC(=O)Cc1cn(CC)c2ccccc12. The highest BCUT2D eigenvalue weighted by Crippen LogP contribution is 2.21. The highest BCUT2D eigenvalue weighted by molar-refractivity contribution is 5.89. The topological polar surface area (TPSA) is 54.3 Å². The molecule has 1 aromatic heterocycles. The summed E-state index contributed by atoms with van der Waals surface area (Å²) in [6.45, 7) is 5.12. The molecule has 2 rings (SSSR count). The maximum atomic E-state index is 12.2. The number of aromatic nitrogens is 1. The van der Waals surface area contributed by atoms with Crippen LogP contribution in [0.2, 0.25) is 0 Å². The number of amides is 1. The van der Waals surface area contributed by atoms with E-state index in [1.165, 1.54) is 5.52 Å². The predicted molar refractivity (Wildman–Crippen MR) is 85.2 cm³/mol. The number of hydrogen-bond acceptors (Lipinski definition) is 2. The van der Waals surface area contributed by atoms with Crippen LogP contribution in [0.5, 0.6) is 0 Å². The van der Waals surface area contributed by atoms with Crippen LogP contribution in [0.3, 0.4) is 0 Å². The van der Waals surface area contributed by atoms with Crippen LogP contribution in [0.1, 0.15) is 32.3 Å². The van der Waals surface area contributed by atoms with Gasteiger partial charge in [-0.1, -0.05) is 25.1 Å². The van der Waals surface area contributed by atoms with Crippen molar-refractivity contribution in [3.8, 4) is 0 Å². The largest absolute Gasteiger partial charge is 0.396 e. The van der Waals surface area contributed by atoms with Crippen molar-refractivity contribution in [2.45, 2.75) is 45.7 Å². The second-order valence-electron chi connectivity index (χ2n) is 5.32. The predicted octanol–water partition coefficient (Wildman–Crippen LogP) is 2.48. The van der Waals surface area contributed by atoms with Gasteiger partial charge >= 0.3 is 0 Å². The van der Waals surface area contributed by atoms with Gasteiger partial charge in [-0.15, -0.1) is 0 Å². The molecule has 1 aromatic carbocycles. The molecule has 1 heterocycles. The maximum absolute atomic E-state index is 12.2. The molecule has 0 fully saturated rings. The molecule has 114 valence electrons. The lowest BCUT2D eigenvalue weighted by atomic mass is 10.1. The molecule has 1 amide bonds. The fourth-order valence-corrected chi connectivity index (χ4v) is 2.71. The van der Waals surface area contributed by atoms with E-state index in [0.717, 1.165) is 23.9 Å². The molecule has 0 aliphatic heterocycles. The second-order valence-corrected chi connectivity index (χ2v) is 5.32. The Bertz CT molecular complexity index is 604. The first-order valence-corrected chi connectivity index (χ1v) is 7.66. The van der Waals surface area contributed by atoms with Crippen LogP contribution in [-0.4, -0.2) is 28.2 Å². The van der Waals surface area contributed by atoms with Gasteiger partial charge in [0.1, 0.15) is 0 Å². The van der Waals surface area contributed by atoms with Crippen molar-refractivity contribution >= 4 is 16.8 Å². The fraction of sp³-hybridized carbons (Fsp3) is 0.471. The van der Waals surface area contributed by atoms with Gasteiger partial charge in [-0.2, -0.15) is 0 Å². The van der Waals surface area contributed by atoms with Crippen LogP contribution in [0, 0.1) is 0 Å². The molecular weight excluding hydrogens is 264 g/mol. The Balaban J connectivity index is 2.14. The summed E-state index contributed by atoms with van der Waals surface area (Å²) >= 11 is 0. The van der Waals surface area contributed by atoms with Gasteiger partial charge in [0.2, 0.25) is 5.91 Å². The van der Waals surface area contributed by atoms with Crippen molar-refractivity contribution in [3.05, 3.63) is 36.0 Å². The molecule has 2 N–H and O–H groups in total. The third-order valence-electron chi connectivity index (χ3n) is 3.90. The standard InChI is InChI=1S/C17H24N2O2/c1-3-14(9-10-20)18-17(21)11-13-12-19(4-2)16-8-6-5-7-15(13)16/h5-8,12,14,20H,3-4,9-11H2,1-2H3,(H,18,21). The number of fused-ring (bicyclic) bond motifs is 1. The number of carbonyl (C=O) groups is 1. The van der Waals surface area contributed by atoms with Crippen LogP contribution in [-0.2, 0) is 17.8 Å². The quantitative estimate of drug-likeness (QED) is 0.822. The van der Waals surface area contributed by atoms with Gasteiger partial charge in [0.15, 0.2) is 0 Å². The average Bonchev–Trinajstić information content (AvgIpc) is 2.85. The summed E-state index contributed by atoms with van der Waals surface area (Å²) in [5.74, 6) is 0.0225. The van der Waals surface area contributed by atoms with Crippen LogP contribution in [0.15, 0.2) is 30.5 Å². The Morgan fingerprint density at radius 3 is 2.76 bits per heavy atom. The van der Waals surface area contributed by atoms with Gasteiger partial charge in [-0.3, -0.25) is 4.79 Å². The molecule has 4 heteroatoms. The monoisotopic (exact) mass is 288 g/mol. The summed E-state index contributed by atoms with van der Waals surface area (Å²) in [4.78, 5) is 12.2. The minimum atomic E-state index is 0.0225. The summed E-state index contributed by atoms with van der Waals surface area (Å²) in [6, 6.07) is 8.23. The first-order chi connectivity index (χ1) is 10.2. The van der Waals surface area contributed by atoms with Gasteiger partial charge in [0, 0.05) is 36.3 Å². The Morgan fingerprint density at radius 1 is 1.33 bits per heavy atom. The Morgan fingerprint density at radius 2 is 2.10 bits per heavy atom. The smallest absolute Gasteiger partial charge is 0.224 e. The van der Waals surface area contributed by atoms with E-state index in [4.69, 9.17) is 5.11 Å². The van der Waals surface area contributed by atoms with Gasteiger partial charge in [0.05, 0.1) is 6.42 Å². The van der Waals surface area contributed by atoms with E-state index in [9.17, 15) is 4.79 Å². The number of rotatable bonds is 7. The van der Waals surface area contributed by atoms with Crippen LogP contribution in [0.25, 0.3) is 10.9 Å². The van der Waals surface area contributed by atoms with Crippen LogP contribution >= 0.6 is 0 Å². The first-order valence-electron chi connectivity index (χ1n) is 7.66. The highest BCUT2D eigenvalue weighted by Gasteiger charge is 2.14. The van der Waals surface area contributed by atoms with Crippen molar-refractivity contribution in [1.29, 1.82) is 0 Å². The van der Waals surface area contributed by atoms with E-state index in [2.05, 4.69) is 35.1 Å². The molecule has 0 aliphatic rings. The molecule has 1 atom stereocenters. The number of carbonyl (C=O) groups excluding carboxylic acids is 1. The summed E-state index contributed by atoms with van der Waals surface area (Å²) in [6.07, 6.45) is 3.90. The minimum absolute atomic E-state index is 0.0225. The lowest BCUT2D eigenvalue weighted by Crippen LogP contribution is -2.36. The number of aryl methyl sites for hydroxylation is 1. The first kappa shape index (κ1) is 15.6. The number of aliphatic hydroxyl groups is 1. The van der Waals surface area contributed by atoms with Gasteiger partial charge in [0.25, 0.3) is 0 Å². The summed E-state index contributed by atoms with van der Waals surface area (Å²) in [7, 11) is 0. The fourth-order valence-electron chi connectivity index (χ4n) is 2.71. The van der Waals surface area contributed by atoms with Crippen LogP contribution < -0.4 is 5.32 Å². The molecule has 0 radical (unpaired) electrons. The van der Waals surface area contributed by atoms with Crippen molar-refractivity contribution in [1.82, 2.24) is 9.88 Å². The summed E-state index contributed by atoms with van der Waals surface area (Å²) < 4.78 is 2.17. The molecule has 4 nitrogen and oxygen atoms in total. The van der Waals surface area contributed by atoms with Crippen molar-refractivity contribution in [2.24, 2.45) is 0 Å². The van der Waals surface area contributed by atoms with Crippen molar-refractivity contribution in [3.63, 3.8) is 0 Å². The number of aliphatic hydroxyl groups excluding tert-OH is 1. The van der Waals surface area contributed by atoms with Gasteiger partial charge in [-0.05, 0) is 31.4 Å². The molecule has 0 saturated heterocycles. The molecule has 2 aromatic rings. The number of hydrogen-bond donors (Lipinski definition) is 2. The van der Waals surface area contributed by atoms with E-state index >= 15 is 0 Å². The van der Waals surface area contributed by atoms with E-state index < -0.39 is 0 Å². The van der Waals surface area contributed by atoms with E-state index in [0.29, 0.717) is 12.8 Å². The lowest BCUT2D eigenvalue weighted by molar-refractivity contribution is -0.121. The zero-order valence-electron chi connectivity index (χ0n) is 12.8. The molecule has 0 aliphatic carbocycles. The molecule has 1 unspecified atom stereocenters. The number of para-hydroxylation sites is 1. The summed E-state index contributed by atoms with van der Waals surface area (Å²) in [5.41, 5.74) is 2.23.